The van der Waals surface area contributed by atoms with Crippen LogP contribution in [-0.4, -0.2) is 68.3 Å². The smallest absolute Gasteiger partial charge is 0.321 e. The van der Waals surface area contributed by atoms with Gasteiger partial charge in [-0.2, -0.15) is 0 Å². The molecule has 1 aromatic rings. The number of anilines is 2. The highest BCUT2D eigenvalue weighted by atomic mass is 32.2. The zero-order valence-corrected chi connectivity index (χ0v) is 20.3. The van der Waals surface area contributed by atoms with Crippen LogP contribution in [0.2, 0.25) is 0 Å². The maximum atomic E-state index is 14.5. The number of rotatable bonds is 4. The number of ether oxygens (including phenoxy) is 1. The number of piperidine rings is 1. The molecule has 0 bridgehead atoms. The van der Waals surface area contributed by atoms with E-state index >= 15 is 0 Å². The largest absolute Gasteiger partial charge is 0.369 e. The molecule has 2 N–H and O–H groups in total. The van der Waals surface area contributed by atoms with E-state index < -0.39 is 27.2 Å². The van der Waals surface area contributed by atoms with Crippen LogP contribution >= 0.6 is 0 Å². The second kappa shape index (κ2) is 9.52. The third-order valence-corrected chi connectivity index (χ3v) is 8.20. The highest BCUT2D eigenvalue weighted by molar-refractivity contribution is 7.90. The number of morpholine rings is 1. The number of hydrogen-bond donors (Lipinski definition) is 2. The Hall–Kier alpha value is -1.91. The highest BCUT2D eigenvalue weighted by Crippen LogP contribution is 2.27. The lowest BCUT2D eigenvalue weighted by Crippen LogP contribution is -2.51. The first-order valence-electron chi connectivity index (χ1n) is 11.1. The molecule has 0 aliphatic carbocycles. The first-order chi connectivity index (χ1) is 14.9. The molecule has 2 fully saturated rings. The van der Waals surface area contributed by atoms with Gasteiger partial charge < -0.3 is 19.9 Å². The maximum absolute atomic E-state index is 14.5. The molecule has 2 heterocycles. The number of carbonyl (C=O) groups excluding carboxylic acids is 1. The fourth-order valence-electron chi connectivity index (χ4n) is 3.89. The summed E-state index contributed by atoms with van der Waals surface area (Å²) in [5.74, 6) is 0. The highest BCUT2D eigenvalue weighted by Gasteiger charge is 2.34. The number of sulfonamides is 1. The van der Waals surface area contributed by atoms with Crippen LogP contribution in [0.5, 0.6) is 0 Å². The number of alkyl halides is 1. The summed E-state index contributed by atoms with van der Waals surface area (Å²) >= 11 is 0. The second-order valence-electron chi connectivity index (χ2n) is 9.65. The van der Waals surface area contributed by atoms with Crippen molar-refractivity contribution in [1.29, 1.82) is 0 Å². The molecule has 3 rings (SSSR count). The average Bonchev–Trinajstić information content (AvgIpc) is 2.70. The first kappa shape index (κ1) is 24.7. The molecular formula is C22H35FN4O4S. The number of carbonyl (C=O) groups is 1. The summed E-state index contributed by atoms with van der Waals surface area (Å²) < 4.78 is 46.6. The number of benzene rings is 1. The minimum atomic E-state index is -3.42. The van der Waals surface area contributed by atoms with E-state index in [9.17, 15) is 17.6 Å². The maximum Gasteiger partial charge on any atom is 0.321 e. The van der Waals surface area contributed by atoms with E-state index in [1.165, 1.54) is 0 Å². The summed E-state index contributed by atoms with van der Waals surface area (Å²) in [5.41, 5.74) is 1.36. The Labute approximate surface area is 190 Å². The molecule has 0 saturated carbocycles. The van der Waals surface area contributed by atoms with Crippen LogP contribution in [0, 0.1) is 0 Å². The Morgan fingerprint density at radius 3 is 2.28 bits per heavy atom. The van der Waals surface area contributed by atoms with Crippen molar-refractivity contribution in [1.82, 2.24) is 9.62 Å². The molecule has 2 aliphatic heterocycles. The molecule has 180 valence electrons. The van der Waals surface area contributed by atoms with Gasteiger partial charge in [-0.15, -0.1) is 0 Å². The molecule has 3 atom stereocenters. The normalized spacial score (nSPS) is 25.6. The van der Waals surface area contributed by atoms with Gasteiger partial charge in [-0.1, -0.05) is 0 Å². The predicted octanol–water partition coefficient (Wildman–Crippen LogP) is 3.31. The Morgan fingerprint density at radius 1 is 1.12 bits per heavy atom. The van der Waals surface area contributed by atoms with Crippen molar-refractivity contribution >= 4 is 27.4 Å². The van der Waals surface area contributed by atoms with Gasteiger partial charge in [0.15, 0.2) is 6.30 Å². The standard InChI is InChI=1S/C22H35FN4O4S/c1-15-14-27(20(23)16(2)31-15)19-8-6-17(7-9-19)24-21(28)26-12-10-18(11-13-26)25-32(29,30)22(3,4)5/h6-9,15-16,18,20,25H,10-14H2,1-5H3,(H,24,28). The number of hydrogen-bond acceptors (Lipinski definition) is 5. The minimum Gasteiger partial charge on any atom is -0.369 e. The van der Waals surface area contributed by atoms with Crippen LogP contribution in [0.3, 0.4) is 0 Å². The van der Waals surface area contributed by atoms with Crippen LogP contribution in [0.25, 0.3) is 0 Å². The Morgan fingerprint density at radius 2 is 1.72 bits per heavy atom. The van der Waals surface area contributed by atoms with Gasteiger partial charge in [0.1, 0.15) is 6.10 Å². The summed E-state index contributed by atoms with van der Waals surface area (Å²) in [4.78, 5) is 16.0. The van der Waals surface area contributed by atoms with Crippen molar-refractivity contribution in [3.05, 3.63) is 24.3 Å². The van der Waals surface area contributed by atoms with E-state index in [2.05, 4.69) is 10.0 Å². The third kappa shape index (κ3) is 5.71. The SMILES string of the molecule is CC1CN(c2ccc(NC(=O)N3CCC(NS(=O)(=O)C(C)(C)C)CC3)cc2)C(F)C(C)O1. The van der Waals surface area contributed by atoms with Crippen molar-refractivity contribution in [3.8, 4) is 0 Å². The summed E-state index contributed by atoms with van der Waals surface area (Å²) in [5, 5.41) is 2.87. The van der Waals surface area contributed by atoms with Gasteiger partial charge in [0.25, 0.3) is 0 Å². The molecule has 2 aliphatic rings. The third-order valence-electron chi connectivity index (χ3n) is 5.95. The molecule has 0 spiro atoms. The van der Waals surface area contributed by atoms with Gasteiger partial charge in [0.05, 0.1) is 10.9 Å². The Balaban J connectivity index is 1.52. The van der Waals surface area contributed by atoms with Crippen molar-refractivity contribution in [3.63, 3.8) is 0 Å². The van der Waals surface area contributed by atoms with E-state index in [0.29, 0.717) is 38.2 Å². The molecule has 1 aromatic carbocycles. The number of likely N-dealkylation sites (tertiary alicyclic amines) is 1. The molecule has 32 heavy (non-hydrogen) atoms. The van der Waals surface area contributed by atoms with E-state index in [1.54, 1.807) is 61.8 Å². The van der Waals surface area contributed by atoms with Gasteiger partial charge in [-0.3, -0.25) is 0 Å². The van der Waals surface area contributed by atoms with Crippen LogP contribution in [0.1, 0.15) is 47.5 Å². The van der Waals surface area contributed by atoms with Gasteiger partial charge in [-0.05, 0) is 71.7 Å². The van der Waals surface area contributed by atoms with E-state index in [1.807, 2.05) is 6.92 Å². The topological polar surface area (TPSA) is 91.0 Å². The number of amides is 2. The van der Waals surface area contributed by atoms with Crippen LogP contribution in [0.15, 0.2) is 24.3 Å². The van der Waals surface area contributed by atoms with Crippen LogP contribution < -0.4 is 14.9 Å². The van der Waals surface area contributed by atoms with Crippen molar-refractivity contribution < 1.29 is 22.3 Å². The molecule has 3 unspecified atom stereocenters. The van der Waals surface area contributed by atoms with Crippen molar-refractivity contribution in [2.24, 2.45) is 0 Å². The molecule has 2 amide bonds. The zero-order chi connectivity index (χ0) is 23.7. The lowest BCUT2D eigenvalue weighted by atomic mass is 10.1. The van der Waals surface area contributed by atoms with Crippen LogP contribution in [-0.2, 0) is 14.8 Å². The molecule has 0 radical (unpaired) electrons. The lowest BCUT2D eigenvalue weighted by Gasteiger charge is -2.39. The lowest BCUT2D eigenvalue weighted by molar-refractivity contribution is -0.0614. The van der Waals surface area contributed by atoms with Gasteiger partial charge >= 0.3 is 6.03 Å². The van der Waals surface area contributed by atoms with E-state index in [-0.39, 0.29) is 18.2 Å². The zero-order valence-electron chi connectivity index (χ0n) is 19.5. The van der Waals surface area contributed by atoms with Gasteiger partial charge in [-0.25, -0.2) is 22.3 Å². The molecule has 2 saturated heterocycles. The minimum absolute atomic E-state index is 0.0628. The first-order valence-corrected chi connectivity index (χ1v) is 12.6. The number of halogens is 1. The monoisotopic (exact) mass is 470 g/mol. The van der Waals surface area contributed by atoms with E-state index in [4.69, 9.17) is 4.74 Å². The Kier molecular flexibility index (Phi) is 7.36. The Bertz CT molecular complexity index is 896. The number of nitrogens with zero attached hydrogens (tertiary/aromatic N) is 2. The van der Waals surface area contributed by atoms with Crippen LogP contribution in [0.4, 0.5) is 20.6 Å². The van der Waals surface area contributed by atoms with Gasteiger partial charge in [0, 0.05) is 37.1 Å². The second-order valence-corrected chi connectivity index (χ2v) is 12.1. The number of urea groups is 1. The summed E-state index contributed by atoms with van der Waals surface area (Å²) in [6, 6.07) is 6.70. The van der Waals surface area contributed by atoms with E-state index in [0.717, 1.165) is 5.69 Å². The molecular weight excluding hydrogens is 435 g/mol. The summed E-state index contributed by atoms with van der Waals surface area (Å²) in [7, 11) is -3.42. The van der Waals surface area contributed by atoms with Gasteiger partial charge in [0.2, 0.25) is 10.0 Å². The quantitative estimate of drug-likeness (QED) is 0.659. The summed E-state index contributed by atoms with van der Waals surface area (Å²) in [6.07, 6.45) is -0.662. The predicted molar refractivity (Wildman–Crippen MR) is 124 cm³/mol. The fraction of sp³-hybridized carbons (Fsp3) is 0.682. The summed E-state index contributed by atoms with van der Waals surface area (Å²) in [6.45, 7) is 10.0. The molecule has 10 heteroatoms. The number of nitrogens with one attached hydrogen (secondary N) is 2. The molecule has 8 nitrogen and oxygen atoms in total. The average molecular weight is 471 g/mol. The van der Waals surface area contributed by atoms with Crippen molar-refractivity contribution in [2.45, 2.75) is 76.8 Å². The molecule has 0 aromatic heterocycles. The fourth-order valence-corrected chi connectivity index (χ4v) is 4.92. The van der Waals surface area contributed by atoms with Crippen molar-refractivity contribution in [2.75, 3.05) is 29.9 Å².